The summed E-state index contributed by atoms with van der Waals surface area (Å²) in [5, 5.41) is 12.9. The van der Waals surface area contributed by atoms with Crippen LogP contribution in [0.5, 0.6) is 17.2 Å². The number of aryl methyl sites for hydroxylation is 1. The van der Waals surface area contributed by atoms with E-state index in [4.69, 9.17) is 14.2 Å². The lowest BCUT2D eigenvalue weighted by molar-refractivity contribution is 0.0843. The molecule has 178 valence electrons. The lowest BCUT2D eigenvalue weighted by atomic mass is 10.1. The topological polar surface area (TPSA) is 114 Å². The Labute approximate surface area is 193 Å². The second-order valence-electron chi connectivity index (χ2n) is 8.13. The molecule has 2 N–H and O–H groups in total. The first kappa shape index (κ1) is 23.3. The smallest absolute Gasteiger partial charge is 0.251 e. The Kier molecular flexibility index (Phi) is 7.06. The van der Waals surface area contributed by atoms with Crippen molar-refractivity contribution in [3.63, 3.8) is 0 Å². The van der Waals surface area contributed by atoms with Gasteiger partial charge in [-0.15, -0.1) is 0 Å². The molecule has 33 heavy (non-hydrogen) atoms. The molecule has 2 aliphatic rings. The molecule has 1 saturated heterocycles. The minimum absolute atomic E-state index is 0.0394. The maximum Gasteiger partial charge on any atom is 0.251 e. The molecule has 0 radical (unpaired) electrons. The second-order valence-corrected chi connectivity index (χ2v) is 10.1. The Bertz CT molecular complexity index is 1110. The van der Waals surface area contributed by atoms with Crippen LogP contribution in [0.3, 0.4) is 0 Å². The third-order valence-electron chi connectivity index (χ3n) is 5.69. The van der Waals surface area contributed by atoms with E-state index in [1.165, 1.54) is 16.4 Å². The number of aliphatic hydroxyl groups excluding tert-OH is 1. The standard InChI is InChI=1S/C23H28N2O7S/c1-16-5-7-19(33(28,29)25-9-3-2-4-10-25)12-20(16)23(27)24-13-17(26)14-30-18-6-8-21-22(11-18)32-15-31-21/h5-8,11-12,17,26H,2-4,9-10,13-15H2,1H3,(H,24,27). The molecule has 1 amide bonds. The van der Waals surface area contributed by atoms with Crippen LogP contribution < -0.4 is 19.5 Å². The number of aliphatic hydroxyl groups is 1. The molecule has 0 aromatic heterocycles. The number of nitrogens with one attached hydrogen (secondary N) is 1. The summed E-state index contributed by atoms with van der Waals surface area (Å²) in [5.74, 6) is 1.27. The van der Waals surface area contributed by atoms with E-state index in [9.17, 15) is 18.3 Å². The average molecular weight is 477 g/mol. The number of sulfonamides is 1. The monoisotopic (exact) mass is 476 g/mol. The van der Waals surface area contributed by atoms with Crippen LogP contribution in [0.2, 0.25) is 0 Å². The Balaban J connectivity index is 1.34. The van der Waals surface area contributed by atoms with Gasteiger partial charge >= 0.3 is 0 Å². The van der Waals surface area contributed by atoms with Gasteiger partial charge in [0.05, 0.1) is 4.90 Å². The minimum atomic E-state index is -3.64. The number of nitrogens with zero attached hydrogens (tertiary/aromatic N) is 1. The molecule has 9 nitrogen and oxygen atoms in total. The molecule has 1 fully saturated rings. The molecule has 2 aliphatic heterocycles. The van der Waals surface area contributed by atoms with E-state index in [0.29, 0.717) is 35.9 Å². The van der Waals surface area contributed by atoms with Gasteiger partial charge < -0.3 is 24.6 Å². The third-order valence-corrected chi connectivity index (χ3v) is 7.59. The zero-order valence-electron chi connectivity index (χ0n) is 18.5. The van der Waals surface area contributed by atoms with Crippen molar-refractivity contribution in [2.45, 2.75) is 37.2 Å². The van der Waals surface area contributed by atoms with Crippen molar-refractivity contribution in [2.24, 2.45) is 0 Å². The van der Waals surface area contributed by atoms with Gasteiger partial charge in [0.15, 0.2) is 11.5 Å². The number of carbonyl (C=O) groups is 1. The van der Waals surface area contributed by atoms with Crippen molar-refractivity contribution >= 4 is 15.9 Å². The number of benzene rings is 2. The van der Waals surface area contributed by atoms with Gasteiger partial charge in [-0.3, -0.25) is 4.79 Å². The normalized spacial score (nSPS) is 16.9. The van der Waals surface area contributed by atoms with E-state index in [-0.39, 0.29) is 30.4 Å². The Hall–Kier alpha value is -2.82. The Morgan fingerprint density at radius 3 is 2.67 bits per heavy atom. The molecule has 2 heterocycles. The number of carbonyl (C=O) groups excluding carboxylic acids is 1. The molecule has 10 heteroatoms. The van der Waals surface area contributed by atoms with E-state index in [1.54, 1.807) is 31.2 Å². The summed E-state index contributed by atoms with van der Waals surface area (Å²) in [6.45, 7) is 2.80. The van der Waals surface area contributed by atoms with Crippen molar-refractivity contribution in [2.75, 3.05) is 33.0 Å². The van der Waals surface area contributed by atoms with Crippen LogP contribution in [-0.2, 0) is 10.0 Å². The van der Waals surface area contributed by atoms with Crippen LogP contribution in [0.15, 0.2) is 41.3 Å². The van der Waals surface area contributed by atoms with Gasteiger partial charge in [-0.1, -0.05) is 12.5 Å². The molecular formula is C23H28N2O7S. The first-order valence-corrected chi connectivity index (χ1v) is 12.4. The van der Waals surface area contributed by atoms with Crippen LogP contribution in [0.25, 0.3) is 0 Å². The summed E-state index contributed by atoms with van der Waals surface area (Å²) in [7, 11) is -3.64. The number of piperidine rings is 1. The molecule has 2 aromatic rings. The average Bonchev–Trinajstić information content (AvgIpc) is 3.30. The Morgan fingerprint density at radius 1 is 1.12 bits per heavy atom. The fourth-order valence-electron chi connectivity index (χ4n) is 3.78. The molecule has 0 spiro atoms. The highest BCUT2D eigenvalue weighted by molar-refractivity contribution is 7.89. The van der Waals surface area contributed by atoms with E-state index < -0.39 is 22.0 Å². The summed E-state index contributed by atoms with van der Waals surface area (Å²) < 4.78 is 43.5. The molecule has 0 saturated carbocycles. The van der Waals surface area contributed by atoms with Crippen LogP contribution in [0, 0.1) is 6.92 Å². The highest BCUT2D eigenvalue weighted by Crippen LogP contribution is 2.35. The van der Waals surface area contributed by atoms with Crippen molar-refractivity contribution in [1.29, 1.82) is 0 Å². The van der Waals surface area contributed by atoms with E-state index in [2.05, 4.69) is 5.32 Å². The predicted molar refractivity (Wildman–Crippen MR) is 120 cm³/mol. The lowest BCUT2D eigenvalue weighted by Crippen LogP contribution is -2.36. The molecule has 1 atom stereocenters. The predicted octanol–water partition coefficient (Wildman–Crippen LogP) is 2.07. The second kappa shape index (κ2) is 9.98. The third kappa shape index (κ3) is 5.40. The van der Waals surface area contributed by atoms with Crippen LogP contribution in [0.4, 0.5) is 0 Å². The van der Waals surface area contributed by atoms with E-state index >= 15 is 0 Å². The molecule has 1 unspecified atom stereocenters. The van der Waals surface area contributed by atoms with Crippen LogP contribution in [-0.4, -0.2) is 62.9 Å². The highest BCUT2D eigenvalue weighted by Gasteiger charge is 2.27. The largest absolute Gasteiger partial charge is 0.491 e. The molecular weight excluding hydrogens is 448 g/mol. The zero-order chi connectivity index (χ0) is 23.4. The summed E-state index contributed by atoms with van der Waals surface area (Å²) in [5.41, 5.74) is 0.910. The fraction of sp³-hybridized carbons (Fsp3) is 0.435. The van der Waals surface area contributed by atoms with Gasteiger partial charge in [-0.05, 0) is 49.6 Å². The van der Waals surface area contributed by atoms with E-state index in [1.807, 2.05) is 0 Å². The SMILES string of the molecule is Cc1ccc(S(=O)(=O)N2CCCCC2)cc1C(=O)NCC(O)COc1ccc2c(c1)OCO2. The number of fused-ring (bicyclic) bond motifs is 1. The van der Waals surface area contributed by atoms with Crippen molar-refractivity contribution < 1.29 is 32.5 Å². The van der Waals surface area contributed by atoms with Gasteiger partial charge in [0.2, 0.25) is 16.8 Å². The lowest BCUT2D eigenvalue weighted by Gasteiger charge is -2.26. The molecule has 4 rings (SSSR count). The number of hydrogen-bond donors (Lipinski definition) is 2. The van der Waals surface area contributed by atoms with Crippen molar-refractivity contribution in [1.82, 2.24) is 9.62 Å². The maximum atomic E-state index is 13.0. The van der Waals surface area contributed by atoms with E-state index in [0.717, 1.165) is 19.3 Å². The number of ether oxygens (including phenoxy) is 3. The van der Waals surface area contributed by atoms with Crippen molar-refractivity contribution in [3.8, 4) is 17.2 Å². The number of hydrogen-bond acceptors (Lipinski definition) is 7. The maximum absolute atomic E-state index is 13.0. The first-order chi connectivity index (χ1) is 15.8. The van der Waals surface area contributed by atoms with Crippen molar-refractivity contribution in [3.05, 3.63) is 47.5 Å². The van der Waals surface area contributed by atoms with Gasteiger partial charge in [-0.2, -0.15) is 4.31 Å². The summed E-state index contributed by atoms with van der Waals surface area (Å²) >= 11 is 0. The highest BCUT2D eigenvalue weighted by atomic mass is 32.2. The van der Waals surface area contributed by atoms with Gasteiger partial charge in [0, 0.05) is 31.3 Å². The number of rotatable bonds is 8. The summed E-state index contributed by atoms with van der Waals surface area (Å²) in [6.07, 6.45) is 1.74. The Morgan fingerprint density at radius 2 is 1.88 bits per heavy atom. The molecule has 2 aromatic carbocycles. The minimum Gasteiger partial charge on any atom is -0.491 e. The van der Waals surface area contributed by atoms with Gasteiger partial charge in [-0.25, -0.2) is 8.42 Å². The zero-order valence-corrected chi connectivity index (χ0v) is 19.3. The quantitative estimate of drug-likeness (QED) is 0.599. The van der Waals surface area contributed by atoms with Crippen LogP contribution in [0.1, 0.15) is 35.2 Å². The molecule has 0 aliphatic carbocycles. The number of amides is 1. The fourth-order valence-corrected chi connectivity index (χ4v) is 5.33. The summed E-state index contributed by atoms with van der Waals surface area (Å²) in [4.78, 5) is 12.8. The van der Waals surface area contributed by atoms with Gasteiger partial charge in [0.1, 0.15) is 18.5 Å². The summed E-state index contributed by atoms with van der Waals surface area (Å²) in [6, 6.07) is 9.67. The first-order valence-electron chi connectivity index (χ1n) is 10.9. The van der Waals surface area contributed by atoms with Crippen LogP contribution >= 0.6 is 0 Å². The van der Waals surface area contributed by atoms with Gasteiger partial charge in [0.25, 0.3) is 5.91 Å². The molecule has 0 bridgehead atoms.